The Morgan fingerprint density at radius 2 is 2.10 bits per heavy atom. The van der Waals surface area contributed by atoms with E-state index in [9.17, 15) is 0 Å². The van der Waals surface area contributed by atoms with E-state index in [-0.39, 0.29) is 0 Å². The largest absolute Gasteiger partial charge is 0.378 e. The maximum absolute atomic E-state index is 4.22. The Morgan fingerprint density at radius 3 is 2.80 bits per heavy atom. The second-order valence-corrected chi connectivity index (χ2v) is 8.10. The van der Waals surface area contributed by atoms with Gasteiger partial charge in [-0.1, -0.05) is 43.5 Å². The highest BCUT2D eigenvalue weighted by molar-refractivity contribution is 8.01. The van der Waals surface area contributed by atoms with Gasteiger partial charge in [0.1, 0.15) is 5.37 Å². The number of hydrogen-bond acceptors (Lipinski definition) is 3. The minimum absolute atomic E-state index is 0.324. The van der Waals surface area contributed by atoms with E-state index in [1.165, 1.54) is 11.3 Å². The fourth-order valence-corrected chi connectivity index (χ4v) is 4.54. The van der Waals surface area contributed by atoms with Crippen LogP contribution in [0.3, 0.4) is 0 Å². The Bertz CT molecular complexity index is 535. The van der Waals surface area contributed by atoms with Crippen LogP contribution >= 0.6 is 11.8 Å². The molecule has 0 saturated carbocycles. The molecular weight excluding hydrogens is 264 g/mol. The van der Waals surface area contributed by atoms with E-state index in [1.807, 2.05) is 17.8 Å². The van der Waals surface area contributed by atoms with Crippen molar-refractivity contribution in [2.45, 2.75) is 36.4 Å². The summed E-state index contributed by atoms with van der Waals surface area (Å²) >= 11 is 2.04. The first-order chi connectivity index (χ1) is 9.46. The maximum Gasteiger partial charge on any atom is 0.101 e. The SMILES string of the molecule is C=C(Cc1ccccc1)NC1C(=C)N2CC(C)(C)SC12. The highest BCUT2D eigenvalue weighted by atomic mass is 32.2. The number of hydrogen-bond donors (Lipinski definition) is 1. The first-order valence-electron chi connectivity index (χ1n) is 7.08. The molecule has 2 saturated heterocycles. The molecule has 2 atom stereocenters. The summed E-state index contributed by atoms with van der Waals surface area (Å²) in [6.07, 6.45) is 0.880. The van der Waals surface area contributed by atoms with Crippen molar-refractivity contribution in [3.05, 3.63) is 60.4 Å². The summed E-state index contributed by atoms with van der Waals surface area (Å²) in [5.74, 6) is 0. The molecule has 0 radical (unpaired) electrons. The van der Waals surface area contributed by atoms with Gasteiger partial charge in [0.05, 0.1) is 6.04 Å². The molecule has 2 nitrogen and oxygen atoms in total. The number of fused-ring (bicyclic) bond motifs is 1. The zero-order valence-corrected chi connectivity index (χ0v) is 13.0. The van der Waals surface area contributed by atoms with Gasteiger partial charge in [-0.25, -0.2) is 0 Å². The summed E-state index contributed by atoms with van der Waals surface area (Å²) in [5, 5.41) is 4.09. The molecule has 3 rings (SSSR count). The molecule has 20 heavy (non-hydrogen) atoms. The fraction of sp³-hybridized carbons (Fsp3) is 0.412. The molecule has 2 aliphatic heterocycles. The van der Waals surface area contributed by atoms with Crippen molar-refractivity contribution < 1.29 is 0 Å². The average Bonchev–Trinajstić information content (AvgIpc) is 2.70. The normalized spacial score (nSPS) is 26.9. The van der Waals surface area contributed by atoms with Crippen LogP contribution in [-0.2, 0) is 6.42 Å². The van der Waals surface area contributed by atoms with Crippen LogP contribution in [0.4, 0.5) is 0 Å². The summed E-state index contributed by atoms with van der Waals surface area (Å²) < 4.78 is 0.324. The summed E-state index contributed by atoms with van der Waals surface area (Å²) in [7, 11) is 0. The van der Waals surface area contributed by atoms with Crippen LogP contribution < -0.4 is 5.32 Å². The molecule has 2 fully saturated rings. The standard InChI is InChI=1S/C17H22N2S/c1-12(10-14-8-6-5-7-9-14)18-15-13(2)19-11-17(3,4)20-16(15)19/h5-9,15-16,18H,1-2,10-11H2,3-4H3. The number of nitrogens with zero attached hydrogens (tertiary/aromatic N) is 1. The predicted molar refractivity (Wildman–Crippen MR) is 87.5 cm³/mol. The van der Waals surface area contributed by atoms with Crippen LogP contribution in [0, 0.1) is 0 Å². The molecular formula is C17H22N2S. The summed E-state index contributed by atoms with van der Waals surface area (Å²) in [6, 6.07) is 10.8. The number of rotatable bonds is 4. The highest BCUT2D eigenvalue weighted by Gasteiger charge is 2.52. The van der Waals surface area contributed by atoms with E-state index in [1.54, 1.807) is 0 Å². The number of benzene rings is 1. The van der Waals surface area contributed by atoms with E-state index >= 15 is 0 Å². The van der Waals surface area contributed by atoms with Gasteiger partial charge < -0.3 is 10.2 Å². The summed E-state index contributed by atoms with van der Waals surface area (Å²) in [5.41, 5.74) is 3.58. The zero-order chi connectivity index (χ0) is 14.3. The van der Waals surface area contributed by atoms with Crippen molar-refractivity contribution in [3.63, 3.8) is 0 Å². The van der Waals surface area contributed by atoms with E-state index in [0.29, 0.717) is 16.2 Å². The van der Waals surface area contributed by atoms with Gasteiger partial charge in [0.2, 0.25) is 0 Å². The molecule has 0 spiro atoms. The molecule has 0 bridgehead atoms. The quantitative estimate of drug-likeness (QED) is 0.913. The first-order valence-corrected chi connectivity index (χ1v) is 7.96. The van der Waals surface area contributed by atoms with Crippen molar-refractivity contribution in [2.75, 3.05) is 6.54 Å². The summed E-state index contributed by atoms with van der Waals surface area (Å²) in [6.45, 7) is 14.1. The lowest BCUT2D eigenvalue weighted by molar-refractivity contribution is 0.191. The van der Waals surface area contributed by atoms with Gasteiger partial charge in [-0.05, 0) is 19.4 Å². The fourth-order valence-electron chi connectivity index (χ4n) is 2.97. The second kappa shape index (κ2) is 4.88. The predicted octanol–water partition coefficient (Wildman–Crippen LogP) is 3.38. The molecule has 1 aromatic rings. The van der Waals surface area contributed by atoms with Gasteiger partial charge >= 0.3 is 0 Å². The van der Waals surface area contributed by atoms with Gasteiger partial charge in [-0.2, -0.15) is 0 Å². The maximum atomic E-state index is 4.22. The topological polar surface area (TPSA) is 15.3 Å². The van der Waals surface area contributed by atoms with Crippen molar-refractivity contribution >= 4 is 11.8 Å². The van der Waals surface area contributed by atoms with E-state index in [2.05, 4.69) is 61.5 Å². The zero-order valence-electron chi connectivity index (χ0n) is 12.2. The van der Waals surface area contributed by atoms with Crippen LogP contribution in [0.5, 0.6) is 0 Å². The third kappa shape index (κ3) is 2.47. The lowest BCUT2D eigenvalue weighted by atomic mass is 10.0. The molecule has 0 aliphatic carbocycles. The third-order valence-corrected chi connectivity index (χ3v) is 5.47. The van der Waals surface area contributed by atoms with Crippen LogP contribution in [0.15, 0.2) is 54.9 Å². The molecule has 2 aliphatic rings. The summed E-state index contributed by atoms with van der Waals surface area (Å²) in [4.78, 5) is 2.41. The Balaban J connectivity index is 1.59. The Morgan fingerprint density at radius 1 is 1.40 bits per heavy atom. The van der Waals surface area contributed by atoms with Gasteiger partial charge in [0.15, 0.2) is 0 Å². The van der Waals surface area contributed by atoms with Crippen molar-refractivity contribution in [1.82, 2.24) is 10.2 Å². The van der Waals surface area contributed by atoms with Crippen LogP contribution in [0.1, 0.15) is 19.4 Å². The van der Waals surface area contributed by atoms with Crippen molar-refractivity contribution in [1.29, 1.82) is 0 Å². The number of thioether (sulfide) groups is 1. The lowest BCUT2D eigenvalue weighted by Crippen LogP contribution is -2.59. The van der Waals surface area contributed by atoms with Gasteiger partial charge in [0, 0.05) is 29.1 Å². The van der Waals surface area contributed by atoms with Gasteiger partial charge in [-0.3, -0.25) is 0 Å². The molecule has 0 aromatic heterocycles. The smallest absolute Gasteiger partial charge is 0.101 e. The molecule has 106 valence electrons. The number of allylic oxidation sites excluding steroid dienone is 1. The van der Waals surface area contributed by atoms with Gasteiger partial charge in [0.25, 0.3) is 0 Å². The van der Waals surface area contributed by atoms with E-state index in [0.717, 1.165) is 18.7 Å². The molecule has 0 amide bonds. The Labute approximate surface area is 125 Å². The highest BCUT2D eigenvalue weighted by Crippen LogP contribution is 2.50. The average molecular weight is 286 g/mol. The Kier molecular flexibility index (Phi) is 3.33. The van der Waals surface area contributed by atoms with E-state index < -0.39 is 0 Å². The van der Waals surface area contributed by atoms with Crippen LogP contribution in [0.2, 0.25) is 0 Å². The van der Waals surface area contributed by atoms with E-state index in [4.69, 9.17) is 0 Å². The van der Waals surface area contributed by atoms with Gasteiger partial charge in [-0.15, -0.1) is 11.8 Å². The third-order valence-electron chi connectivity index (χ3n) is 3.93. The van der Waals surface area contributed by atoms with Crippen LogP contribution in [0.25, 0.3) is 0 Å². The molecule has 2 unspecified atom stereocenters. The first kappa shape index (κ1) is 13.6. The Hall–Kier alpha value is -1.35. The van der Waals surface area contributed by atoms with Crippen LogP contribution in [-0.4, -0.2) is 27.6 Å². The monoisotopic (exact) mass is 286 g/mol. The molecule has 1 N–H and O–H groups in total. The second-order valence-electron chi connectivity index (χ2n) is 6.28. The molecule has 2 heterocycles. The number of nitrogens with one attached hydrogen (secondary N) is 1. The minimum atomic E-state index is 0.324. The van der Waals surface area contributed by atoms with Crippen molar-refractivity contribution in [2.24, 2.45) is 0 Å². The molecule has 3 heteroatoms. The van der Waals surface area contributed by atoms with Crippen molar-refractivity contribution in [3.8, 4) is 0 Å². The molecule has 1 aromatic carbocycles. The minimum Gasteiger partial charge on any atom is -0.378 e. The lowest BCUT2D eigenvalue weighted by Gasteiger charge is -2.47.